The molecule has 170 valence electrons. The van der Waals surface area contributed by atoms with Gasteiger partial charge in [-0.3, -0.25) is 18.6 Å². The van der Waals surface area contributed by atoms with Gasteiger partial charge in [-0.2, -0.15) is 5.10 Å². The minimum absolute atomic E-state index is 0.243. The number of thiophene rings is 1. The molecule has 0 saturated heterocycles. The second kappa shape index (κ2) is 7.18. The van der Waals surface area contributed by atoms with Crippen molar-refractivity contribution in [3.8, 4) is 11.4 Å². The standard InChI is InChI=1S/C25H27N5O2S/c1-14(2)11-29-23-20(24(31)28(4)25(29)32)21(19-6-5-9-27(19)3)30(26-23)12-16-13-33-22-17(16)8-7-15-10-18(15)22/h5-9,13-15,18H,10-12H2,1-4H3. The first kappa shape index (κ1) is 20.5. The van der Waals surface area contributed by atoms with Crippen LogP contribution in [-0.2, 0) is 27.2 Å². The van der Waals surface area contributed by atoms with E-state index in [4.69, 9.17) is 5.10 Å². The van der Waals surface area contributed by atoms with E-state index in [0.29, 0.717) is 36.0 Å². The molecule has 7 nitrogen and oxygen atoms in total. The van der Waals surface area contributed by atoms with Gasteiger partial charge in [0.05, 0.1) is 12.2 Å². The van der Waals surface area contributed by atoms with Crippen LogP contribution in [0, 0.1) is 11.8 Å². The van der Waals surface area contributed by atoms with Gasteiger partial charge in [-0.15, -0.1) is 11.3 Å². The molecule has 0 aliphatic heterocycles. The average Bonchev–Trinajstić information content (AvgIpc) is 3.08. The Balaban J connectivity index is 1.61. The fraction of sp³-hybridized carbons (Fsp3) is 0.400. The molecule has 0 radical (unpaired) electrons. The molecular weight excluding hydrogens is 434 g/mol. The second-order valence-corrected chi connectivity index (χ2v) is 10.7. The molecule has 8 heteroatoms. The number of hydrogen-bond acceptors (Lipinski definition) is 4. The zero-order chi connectivity index (χ0) is 23.0. The molecule has 4 aromatic rings. The van der Waals surface area contributed by atoms with Crippen LogP contribution < -0.4 is 11.2 Å². The highest BCUT2D eigenvalue weighted by Crippen LogP contribution is 2.55. The van der Waals surface area contributed by atoms with Crippen LogP contribution in [0.3, 0.4) is 0 Å². The topological polar surface area (TPSA) is 66.8 Å². The second-order valence-electron chi connectivity index (χ2n) is 9.76. The summed E-state index contributed by atoms with van der Waals surface area (Å²) in [6.07, 6.45) is 7.81. The summed E-state index contributed by atoms with van der Waals surface area (Å²) in [7, 11) is 3.52. The lowest BCUT2D eigenvalue weighted by molar-refractivity contribution is 0.498. The van der Waals surface area contributed by atoms with Crippen molar-refractivity contribution in [2.24, 2.45) is 25.9 Å². The van der Waals surface area contributed by atoms with Crippen LogP contribution in [0.5, 0.6) is 0 Å². The number of aromatic nitrogens is 5. The first-order valence-electron chi connectivity index (χ1n) is 11.5. The van der Waals surface area contributed by atoms with Crippen molar-refractivity contribution in [2.75, 3.05) is 0 Å². The highest BCUT2D eigenvalue weighted by molar-refractivity contribution is 7.10. The summed E-state index contributed by atoms with van der Waals surface area (Å²) in [5.41, 5.74) is 4.05. The molecule has 33 heavy (non-hydrogen) atoms. The number of aryl methyl sites for hydroxylation is 1. The Labute approximate surface area is 195 Å². The summed E-state index contributed by atoms with van der Waals surface area (Å²) in [4.78, 5) is 27.9. The number of rotatable bonds is 5. The molecular formula is C25H27N5O2S. The Morgan fingerprint density at radius 1 is 1.24 bits per heavy atom. The van der Waals surface area contributed by atoms with Crippen LogP contribution in [0.15, 0.2) is 39.4 Å². The van der Waals surface area contributed by atoms with E-state index in [1.807, 2.05) is 46.0 Å². The maximum absolute atomic E-state index is 13.4. The molecule has 2 atom stereocenters. The van der Waals surface area contributed by atoms with Crippen molar-refractivity contribution < 1.29 is 0 Å². The van der Waals surface area contributed by atoms with Crippen molar-refractivity contribution >= 4 is 28.4 Å². The molecule has 0 spiro atoms. The van der Waals surface area contributed by atoms with Gasteiger partial charge in [-0.05, 0) is 46.9 Å². The van der Waals surface area contributed by atoms with Gasteiger partial charge in [0.15, 0.2) is 5.65 Å². The van der Waals surface area contributed by atoms with Crippen molar-refractivity contribution in [2.45, 2.75) is 39.3 Å². The zero-order valence-electron chi connectivity index (χ0n) is 19.3. The fourth-order valence-electron chi connectivity index (χ4n) is 5.10. The summed E-state index contributed by atoms with van der Waals surface area (Å²) in [5, 5.41) is 7.65. The Kier molecular flexibility index (Phi) is 4.46. The van der Waals surface area contributed by atoms with Crippen LogP contribution in [0.2, 0.25) is 0 Å². The maximum atomic E-state index is 13.4. The van der Waals surface area contributed by atoms with Crippen molar-refractivity contribution in [3.05, 3.63) is 66.6 Å². The Morgan fingerprint density at radius 2 is 2.06 bits per heavy atom. The summed E-state index contributed by atoms with van der Waals surface area (Å²) < 4.78 is 6.79. The van der Waals surface area contributed by atoms with Gasteiger partial charge < -0.3 is 4.57 Å². The molecule has 0 N–H and O–H groups in total. The smallest absolute Gasteiger partial charge is 0.332 e. The minimum atomic E-state index is -0.320. The van der Waals surface area contributed by atoms with Gasteiger partial charge in [-0.25, -0.2) is 4.79 Å². The van der Waals surface area contributed by atoms with Gasteiger partial charge in [0, 0.05) is 37.6 Å². The number of nitrogens with zero attached hydrogens (tertiary/aromatic N) is 5. The van der Waals surface area contributed by atoms with E-state index in [1.54, 1.807) is 11.6 Å². The van der Waals surface area contributed by atoms with Crippen LogP contribution in [-0.4, -0.2) is 23.5 Å². The predicted octanol–water partition coefficient (Wildman–Crippen LogP) is 3.80. The van der Waals surface area contributed by atoms with Gasteiger partial charge >= 0.3 is 5.69 Å². The highest BCUT2D eigenvalue weighted by Gasteiger charge is 2.41. The summed E-state index contributed by atoms with van der Waals surface area (Å²) in [6, 6.07) is 3.97. The molecule has 1 fully saturated rings. The summed E-state index contributed by atoms with van der Waals surface area (Å²) >= 11 is 1.84. The molecule has 1 saturated carbocycles. The molecule has 4 heterocycles. The van der Waals surface area contributed by atoms with Crippen molar-refractivity contribution in [1.82, 2.24) is 23.5 Å². The molecule has 6 rings (SSSR count). The monoisotopic (exact) mass is 461 g/mol. The Morgan fingerprint density at radius 3 is 2.79 bits per heavy atom. The van der Waals surface area contributed by atoms with E-state index < -0.39 is 0 Å². The van der Waals surface area contributed by atoms with Crippen LogP contribution in [0.4, 0.5) is 0 Å². The summed E-state index contributed by atoms with van der Waals surface area (Å²) in [5.74, 6) is 1.63. The highest BCUT2D eigenvalue weighted by atomic mass is 32.1. The average molecular weight is 462 g/mol. The van der Waals surface area contributed by atoms with E-state index >= 15 is 0 Å². The van der Waals surface area contributed by atoms with E-state index in [0.717, 1.165) is 11.4 Å². The molecule has 0 bridgehead atoms. The fourth-order valence-corrected chi connectivity index (χ4v) is 6.34. The number of allylic oxidation sites excluding steroid dienone is 1. The molecule has 0 aromatic carbocycles. The van der Waals surface area contributed by atoms with Crippen LogP contribution in [0.25, 0.3) is 28.5 Å². The van der Waals surface area contributed by atoms with Gasteiger partial charge in [0.1, 0.15) is 11.1 Å². The SMILES string of the molecule is CC(C)Cn1c(=O)n(C)c(=O)c2c(-c3cccn3C)n(Cc3csc4c3C=CC3CC43)nc21. The van der Waals surface area contributed by atoms with E-state index in [-0.39, 0.29) is 17.2 Å². The lowest BCUT2D eigenvalue weighted by Gasteiger charge is -2.11. The summed E-state index contributed by atoms with van der Waals surface area (Å²) in [6.45, 7) is 5.19. The molecule has 2 unspecified atom stereocenters. The first-order valence-corrected chi connectivity index (χ1v) is 12.3. The predicted molar refractivity (Wildman–Crippen MR) is 132 cm³/mol. The number of fused-ring (bicyclic) bond motifs is 4. The normalized spacial score (nSPS) is 18.8. The van der Waals surface area contributed by atoms with E-state index in [2.05, 4.69) is 31.4 Å². The van der Waals surface area contributed by atoms with Gasteiger partial charge in [-0.1, -0.05) is 26.0 Å². The first-order chi connectivity index (χ1) is 15.8. The van der Waals surface area contributed by atoms with Gasteiger partial charge in [0.2, 0.25) is 0 Å². The molecule has 0 amide bonds. The molecule has 2 aliphatic rings. The maximum Gasteiger partial charge on any atom is 0.332 e. The third-order valence-corrected chi connectivity index (χ3v) is 8.09. The van der Waals surface area contributed by atoms with Gasteiger partial charge in [0.25, 0.3) is 5.56 Å². The lowest BCUT2D eigenvalue weighted by Crippen LogP contribution is -2.38. The number of hydrogen-bond donors (Lipinski definition) is 0. The molecule has 2 aliphatic carbocycles. The third-order valence-electron chi connectivity index (χ3n) is 6.91. The van der Waals surface area contributed by atoms with Crippen molar-refractivity contribution in [3.63, 3.8) is 0 Å². The van der Waals surface area contributed by atoms with E-state index in [1.165, 1.54) is 27.0 Å². The van der Waals surface area contributed by atoms with Crippen molar-refractivity contribution in [1.29, 1.82) is 0 Å². The van der Waals surface area contributed by atoms with Crippen LogP contribution in [0.1, 0.15) is 42.2 Å². The minimum Gasteiger partial charge on any atom is -0.349 e. The molecule has 4 aromatic heterocycles. The van der Waals surface area contributed by atoms with Crippen LogP contribution >= 0.6 is 11.3 Å². The Hall–Kier alpha value is -3.13. The lowest BCUT2D eigenvalue weighted by atomic mass is 10.0. The zero-order valence-corrected chi connectivity index (χ0v) is 20.1. The quantitative estimate of drug-likeness (QED) is 0.454. The third kappa shape index (κ3) is 3.04. The largest absolute Gasteiger partial charge is 0.349 e. The Bertz CT molecular complexity index is 1560. The van der Waals surface area contributed by atoms with E-state index in [9.17, 15) is 9.59 Å².